The van der Waals surface area contributed by atoms with Crippen molar-refractivity contribution >= 4 is 36.1 Å². The van der Waals surface area contributed by atoms with Gasteiger partial charge >= 0.3 is 0 Å². The molecule has 34 valence electrons. The maximum atomic E-state index is 5.08. The Balaban J connectivity index is 2.72. The molecule has 0 spiro atoms. The van der Waals surface area contributed by atoms with Gasteiger partial charge < -0.3 is 0 Å². The topological polar surface area (TPSA) is 0 Å². The van der Waals surface area contributed by atoms with Gasteiger partial charge in [-0.3, -0.25) is 0 Å². The summed E-state index contributed by atoms with van der Waals surface area (Å²) >= 11 is 0. The van der Waals surface area contributed by atoms with E-state index in [2.05, 4.69) is 21.0 Å². The summed E-state index contributed by atoms with van der Waals surface area (Å²) in [6.45, 7) is 4.25. The predicted molar refractivity (Wildman–Crippen MR) is 43.9 cm³/mol. The summed E-state index contributed by atoms with van der Waals surface area (Å²) in [5, 5.41) is 0. The van der Waals surface area contributed by atoms with Gasteiger partial charge in [-0.15, -0.1) is 0 Å². The number of hydrogen-bond donors (Lipinski definition) is 0. The molecule has 0 aliphatic rings. The smallest absolute Gasteiger partial charge is 0.0580 e. The van der Waals surface area contributed by atoms with Crippen molar-refractivity contribution in [2.45, 2.75) is 19.7 Å². The van der Waals surface area contributed by atoms with Gasteiger partial charge in [0.1, 0.15) is 0 Å². The number of rotatable bonds is 4. The SMILES string of the molecule is [B][B][B][B][B]C(C)C. The van der Waals surface area contributed by atoms with Crippen molar-refractivity contribution in [2.75, 3.05) is 0 Å². The molecule has 5 heteroatoms. The predicted octanol–water partition coefficient (Wildman–Crippen LogP) is -0.540. The van der Waals surface area contributed by atoms with Gasteiger partial charge in [-0.05, 0) is 0 Å². The molecule has 0 saturated carbocycles. The summed E-state index contributed by atoms with van der Waals surface area (Å²) in [5.41, 5.74) is 0. The molecule has 0 atom stereocenters. The van der Waals surface area contributed by atoms with Crippen molar-refractivity contribution in [3.05, 3.63) is 0 Å². The van der Waals surface area contributed by atoms with E-state index in [1.807, 2.05) is 14.1 Å². The van der Waals surface area contributed by atoms with Gasteiger partial charge in [-0.1, -0.05) is 19.7 Å². The monoisotopic (exact) mass is 98.1 g/mol. The van der Waals surface area contributed by atoms with Crippen LogP contribution in [0.3, 0.4) is 0 Å². The first-order chi connectivity index (χ1) is 3.77. The van der Waals surface area contributed by atoms with E-state index in [4.69, 9.17) is 7.74 Å². The van der Waals surface area contributed by atoms with Crippen LogP contribution in [0.4, 0.5) is 0 Å². The maximum absolute atomic E-state index is 5.08. The second-order valence-corrected chi connectivity index (χ2v) is 2.01. The van der Waals surface area contributed by atoms with Crippen molar-refractivity contribution in [3.63, 3.8) is 0 Å². The highest BCUT2D eigenvalue weighted by Gasteiger charge is 1.94. The molecule has 6 radical (unpaired) electrons. The first kappa shape index (κ1) is 8.32. The van der Waals surface area contributed by atoms with Crippen molar-refractivity contribution in [1.29, 1.82) is 0 Å². The fraction of sp³-hybridized carbons (Fsp3) is 1.00. The van der Waals surface area contributed by atoms with Crippen LogP contribution in [0.2, 0.25) is 5.82 Å². The zero-order valence-electron chi connectivity index (χ0n) is 5.46. The van der Waals surface area contributed by atoms with Gasteiger partial charge in [0.15, 0.2) is 0 Å². The highest BCUT2D eigenvalue weighted by atomic mass is 13.6. The molecular formula is C3H7B5. The molecule has 0 saturated heterocycles. The van der Waals surface area contributed by atoms with E-state index in [0.29, 0.717) is 5.82 Å². The quantitative estimate of drug-likeness (QED) is 0.326. The zero-order valence-corrected chi connectivity index (χ0v) is 5.46. The van der Waals surface area contributed by atoms with Crippen LogP contribution >= 0.6 is 0 Å². The minimum atomic E-state index is 0.617. The lowest BCUT2D eigenvalue weighted by atomic mass is 9.03. The molecule has 0 aliphatic heterocycles. The molecule has 0 rings (SSSR count). The van der Waals surface area contributed by atoms with Crippen LogP contribution in [0.15, 0.2) is 0 Å². The molecule has 0 aromatic rings. The molecule has 0 nitrogen and oxygen atoms in total. The lowest BCUT2D eigenvalue weighted by molar-refractivity contribution is 1.07. The highest BCUT2D eigenvalue weighted by Crippen LogP contribution is 1.92. The Kier molecular flexibility index (Phi) is 5.68. The summed E-state index contributed by atoms with van der Waals surface area (Å²) in [6.07, 6.45) is 0. The van der Waals surface area contributed by atoms with Crippen LogP contribution in [0, 0.1) is 0 Å². The van der Waals surface area contributed by atoms with Gasteiger partial charge in [0.05, 0.1) is 7.17 Å². The van der Waals surface area contributed by atoms with Crippen LogP contribution < -0.4 is 0 Å². The van der Waals surface area contributed by atoms with Gasteiger partial charge in [-0.2, -0.15) is 0 Å². The van der Waals surface area contributed by atoms with Gasteiger partial charge in [0.2, 0.25) is 0 Å². The Morgan fingerprint density at radius 2 is 1.88 bits per heavy atom. The minimum Gasteiger partial charge on any atom is -0.0838 e. The fourth-order valence-corrected chi connectivity index (χ4v) is 0.351. The second-order valence-electron chi connectivity index (χ2n) is 2.01. The van der Waals surface area contributed by atoms with Crippen LogP contribution in [0.25, 0.3) is 0 Å². The summed E-state index contributed by atoms with van der Waals surface area (Å²) < 4.78 is 0. The van der Waals surface area contributed by atoms with E-state index in [-0.39, 0.29) is 0 Å². The van der Waals surface area contributed by atoms with E-state index in [1.54, 1.807) is 0 Å². The third-order valence-corrected chi connectivity index (χ3v) is 0.718. The highest BCUT2D eigenvalue weighted by molar-refractivity contribution is 7.51. The van der Waals surface area contributed by atoms with Gasteiger partial charge in [0, 0.05) is 28.9 Å². The molecular weight excluding hydrogens is 90.1 g/mol. The van der Waals surface area contributed by atoms with Crippen LogP contribution in [0.1, 0.15) is 13.8 Å². The van der Waals surface area contributed by atoms with E-state index in [0.717, 1.165) is 0 Å². The number of hydrogen-bond acceptors (Lipinski definition) is 0. The average molecular weight is 97.1 g/mol. The summed E-state index contributed by atoms with van der Waals surface area (Å²) in [6, 6.07) is 0. The summed E-state index contributed by atoms with van der Waals surface area (Å²) in [5.74, 6) is 0.617. The molecule has 0 amide bonds. The first-order valence-electron chi connectivity index (χ1n) is 2.82. The Morgan fingerprint density at radius 1 is 1.25 bits per heavy atom. The van der Waals surface area contributed by atoms with Gasteiger partial charge in [0.25, 0.3) is 0 Å². The largest absolute Gasteiger partial charge is 0.0838 e. The standard InChI is InChI=1S/C3H7B5/c1-3(2)5-7-8-6-4/h3H,1-2H3. The lowest BCUT2D eigenvalue weighted by Gasteiger charge is -1.97. The van der Waals surface area contributed by atoms with Crippen LogP contribution in [-0.2, 0) is 0 Å². The van der Waals surface area contributed by atoms with E-state index >= 15 is 0 Å². The Bertz CT molecular complexity index is 44.9. The third kappa shape index (κ3) is 6.32. The van der Waals surface area contributed by atoms with Crippen LogP contribution in [0.5, 0.6) is 0 Å². The molecule has 0 aliphatic carbocycles. The normalized spacial score (nSPS) is 8.38. The Hall–Kier alpha value is 0.325. The van der Waals surface area contributed by atoms with Crippen molar-refractivity contribution in [1.82, 2.24) is 0 Å². The van der Waals surface area contributed by atoms with Gasteiger partial charge in [-0.25, -0.2) is 0 Å². The second kappa shape index (κ2) is 5.46. The third-order valence-electron chi connectivity index (χ3n) is 0.718. The average Bonchev–Trinajstić information content (AvgIpc) is 1.66. The zero-order chi connectivity index (χ0) is 6.41. The fourth-order valence-electron chi connectivity index (χ4n) is 0.351. The first-order valence-corrected chi connectivity index (χ1v) is 2.82. The maximum Gasteiger partial charge on any atom is 0.0580 e. The molecule has 0 aromatic carbocycles. The molecule has 8 heavy (non-hydrogen) atoms. The lowest BCUT2D eigenvalue weighted by Crippen LogP contribution is -2.20. The molecule has 0 aromatic heterocycles. The molecule has 0 unspecified atom stereocenters. The minimum absolute atomic E-state index is 0.617. The van der Waals surface area contributed by atoms with Crippen LogP contribution in [-0.4, -0.2) is 36.1 Å². The molecule has 0 N–H and O–H groups in total. The molecule has 0 fully saturated rings. The Morgan fingerprint density at radius 3 is 2.25 bits per heavy atom. The van der Waals surface area contributed by atoms with E-state index in [9.17, 15) is 0 Å². The van der Waals surface area contributed by atoms with Crippen molar-refractivity contribution in [2.24, 2.45) is 0 Å². The summed E-state index contributed by atoms with van der Waals surface area (Å²) in [7, 11) is 12.5. The van der Waals surface area contributed by atoms with E-state index < -0.39 is 0 Å². The summed E-state index contributed by atoms with van der Waals surface area (Å²) in [4.78, 5) is 0. The molecule has 0 heterocycles. The van der Waals surface area contributed by atoms with Crippen molar-refractivity contribution < 1.29 is 0 Å². The Labute approximate surface area is 56.5 Å². The van der Waals surface area contributed by atoms with Crippen molar-refractivity contribution in [3.8, 4) is 0 Å². The molecule has 0 bridgehead atoms. The van der Waals surface area contributed by atoms with E-state index in [1.165, 1.54) is 7.06 Å².